The number of benzene rings is 1. The van der Waals surface area contributed by atoms with Crippen LogP contribution in [0.15, 0.2) is 31.8 Å². The molecular formula is C10H8F2N4O2S. The van der Waals surface area contributed by atoms with Crippen molar-refractivity contribution in [1.82, 2.24) is 14.8 Å². The molecule has 0 saturated heterocycles. The van der Waals surface area contributed by atoms with Crippen molar-refractivity contribution in [3.63, 3.8) is 0 Å². The largest absolute Gasteiger partial charge is 0.398 e. The van der Waals surface area contributed by atoms with E-state index in [4.69, 9.17) is 5.73 Å². The number of aryl methyl sites for hydroxylation is 1. The van der Waals surface area contributed by atoms with Gasteiger partial charge < -0.3 is 5.73 Å². The lowest BCUT2D eigenvalue weighted by Gasteiger charge is -2.09. The van der Waals surface area contributed by atoms with E-state index in [1.807, 2.05) is 0 Å². The third kappa shape index (κ3) is 2.50. The molecule has 2 aromatic rings. The molecule has 0 saturated carbocycles. The quantitative estimate of drug-likeness (QED) is 0.618. The van der Waals surface area contributed by atoms with Crippen LogP contribution < -0.4 is 16.9 Å². The highest BCUT2D eigenvalue weighted by atomic mass is 32.2. The number of nitrogen functional groups attached to an aromatic ring is 1. The number of anilines is 1. The molecule has 1 heterocycles. The van der Waals surface area contributed by atoms with E-state index in [1.165, 1.54) is 13.1 Å². The van der Waals surface area contributed by atoms with Crippen LogP contribution in [0.2, 0.25) is 0 Å². The zero-order chi connectivity index (χ0) is 14.2. The molecule has 1 aromatic carbocycles. The first-order valence-corrected chi connectivity index (χ1v) is 5.80. The van der Waals surface area contributed by atoms with Crippen LogP contribution in [0.4, 0.5) is 14.5 Å². The first-order valence-electron chi connectivity index (χ1n) is 4.99. The van der Waals surface area contributed by atoms with Gasteiger partial charge in [0.15, 0.2) is 16.8 Å². The summed E-state index contributed by atoms with van der Waals surface area (Å²) < 4.78 is 27.8. The van der Waals surface area contributed by atoms with Crippen molar-refractivity contribution in [2.45, 2.75) is 10.1 Å². The third-order valence-corrected chi connectivity index (χ3v) is 3.39. The molecule has 0 unspecified atom stereocenters. The molecule has 2 rings (SSSR count). The molecule has 6 nitrogen and oxygen atoms in total. The molecular weight excluding hydrogens is 278 g/mol. The number of rotatable bonds is 2. The van der Waals surface area contributed by atoms with E-state index in [0.29, 0.717) is 11.8 Å². The van der Waals surface area contributed by atoms with Gasteiger partial charge >= 0.3 is 11.1 Å². The van der Waals surface area contributed by atoms with Gasteiger partial charge in [0.2, 0.25) is 0 Å². The van der Waals surface area contributed by atoms with Gasteiger partial charge in [0.1, 0.15) is 0 Å². The zero-order valence-corrected chi connectivity index (χ0v) is 10.4. The van der Waals surface area contributed by atoms with E-state index in [9.17, 15) is 18.4 Å². The fourth-order valence-electron chi connectivity index (χ4n) is 1.29. The molecule has 0 atom stereocenters. The number of aromatic amines is 1. The zero-order valence-electron chi connectivity index (χ0n) is 9.61. The van der Waals surface area contributed by atoms with Gasteiger partial charge in [-0.1, -0.05) is 0 Å². The average Bonchev–Trinajstić information content (AvgIpc) is 2.36. The standard InChI is InChI=1S/C10H8F2N4O2S/c1-16-10(14-8(17)9(18)15-16)19-7-5(13)3-2-4(11)6(7)12/h2-3H,13H2,1H3,(H,15,18). The van der Waals surface area contributed by atoms with Gasteiger partial charge in [-0.3, -0.25) is 19.4 Å². The number of hydrogen-bond acceptors (Lipinski definition) is 5. The molecule has 0 aliphatic rings. The Bertz CT molecular complexity index is 756. The average molecular weight is 286 g/mol. The van der Waals surface area contributed by atoms with Crippen LogP contribution in [0.1, 0.15) is 0 Å². The van der Waals surface area contributed by atoms with Crippen LogP contribution in [0, 0.1) is 11.6 Å². The number of aromatic nitrogens is 3. The van der Waals surface area contributed by atoms with Crippen LogP contribution >= 0.6 is 11.8 Å². The molecule has 0 aliphatic carbocycles. The Hall–Kier alpha value is -2.16. The number of nitrogens with two attached hydrogens (primary N) is 1. The Morgan fingerprint density at radius 3 is 2.74 bits per heavy atom. The fourth-order valence-corrected chi connectivity index (χ4v) is 2.16. The van der Waals surface area contributed by atoms with E-state index in [2.05, 4.69) is 10.1 Å². The Morgan fingerprint density at radius 1 is 1.37 bits per heavy atom. The smallest absolute Gasteiger partial charge is 0.339 e. The fraction of sp³-hybridized carbons (Fsp3) is 0.100. The van der Waals surface area contributed by atoms with Crippen LogP contribution in [0.25, 0.3) is 0 Å². The van der Waals surface area contributed by atoms with E-state index >= 15 is 0 Å². The minimum absolute atomic E-state index is 0.00403. The number of hydrogen-bond donors (Lipinski definition) is 2. The second-order valence-electron chi connectivity index (χ2n) is 3.58. The number of nitrogens with zero attached hydrogens (tertiary/aromatic N) is 2. The molecule has 3 N–H and O–H groups in total. The van der Waals surface area contributed by atoms with Crippen molar-refractivity contribution >= 4 is 17.4 Å². The Morgan fingerprint density at radius 2 is 2.05 bits per heavy atom. The lowest BCUT2D eigenvalue weighted by Crippen LogP contribution is -2.33. The van der Waals surface area contributed by atoms with E-state index in [-0.39, 0.29) is 15.7 Å². The molecule has 19 heavy (non-hydrogen) atoms. The third-order valence-electron chi connectivity index (χ3n) is 2.22. The Labute approximate surface area is 109 Å². The predicted molar refractivity (Wildman–Crippen MR) is 65.0 cm³/mol. The lowest BCUT2D eigenvalue weighted by molar-refractivity contribution is 0.492. The highest BCUT2D eigenvalue weighted by Crippen LogP contribution is 2.33. The van der Waals surface area contributed by atoms with Crippen LogP contribution in [-0.4, -0.2) is 14.8 Å². The first-order chi connectivity index (χ1) is 8.90. The summed E-state index contributed by atoms with van der Waals surface area (Å²) in [5.74, 6) is -2.20. The molecule has 0 spiro atoms. The minimum Gasteiger partial charge on any atom is -0.398 e. The van der Waals surface area contributed by atoms with Crippen molar-refractivity contribution < 1.29 is 8.78 Å². The molecule has 0 radical (unpaired) electrons. The first kappa shape index (κ1) is 13.3. The summed E-state index contributed by atoms with van der Waals surface area (Å²) >= 11 is 0.646. The van der Waals surface area contributed by atoms with Crippen molar-refractivity contribution in [3.05, 3.63) is 44.5 Å². The maximum atomic E-state index is 13.6. The minimum atomic E-state index is -1.13. The summed E-state index contributed by atoms with van der Waals surface area (Å²) in [6, 6.07) is 2.10. The summed E-state index contributed by atoms with van der Waals surface area (Å²) in [6.07, 6.45) is 0. The second-order valence-corrected chi connectivity index (χ2v) is 4.56. The van der Waals surface area contributed by atoms with Crippen LogP contribution in [0.5, 0.6) is 0 Å². The van der Waals surface area contributed by atoms with Crippen molar-refractivity contribution in [2.24, 2.45) is 7.05 Å². The summed E-state index contributed by atoms with van der Waals surface area (Å²) in [7, 11) is 1.41. The molecule has 0 aliphatic heterocycles. The Balaban J connectivity index is 2.54. The van der Waals surface area contributed by atoms with Gasteiger partial charge in [-0.2, -0.15) is 4.98 Å². The molecule has 0 bridgehead atoms. The van der Waals surface area contributed by atoms with Crippen molar-refractivity contribution in [2.75, 3.05) is 5.73 Å². The second kappa shape index (κ2) is 4.84. The Kier molecular flexibility index (Phi) is 3.38. The number of nitrogens with one attached hydrogen (secondary N) is 1. The molecule has 100 valence electrons. The predicted octanol–water partition coefficient (Wildman–Crippen LogP) is 0.480. The maximum absolute atomic E-state index is 13.6. The van der Waals surface area contributed by atoms with E-state index < -0.39 is 22.8 Å². The summed E-state index contributed by atoms with van der Waals surface area (Å²) in [5.41, 5.74) is 3.62. The highest BCUT2D eigenvalue weighted by molar-refractivity contribution is 7.99. The summed E-state index contributed by atoms with van der Waals surface area (Å²) in [5, 5.41) is 2.18. The normalized spacial score (nSPS) is 10.7. The van der Waals surface area contributed by atoms with Gasteiger partial charge in [0, 0.05) is 12.7 Å². The molecule has 0 fully saturated rings. The van der Waals surface area contributed by atoms with E-state index in [1.54, 1.807) is 0 Å². The monoisotopic (exact) mass is 286 g/mol. The van der Waals surface area contributed by atoms with Crippen LogP contribution in [0.3, 0.4) is 0 Å². The van der Waals surface area contributed by atoms with Gasteiger partial charge in [0.25, 0.3) is 0 Å². The van der Waals surface area contributed by atoms with Gasteiger partial charge in [-0.05, 0) is 23.9 Å². The van der Waals surface area contributed by atoms with Gasteiger partial charge in [0.05, 0.1) is 4.90 Å². The SMILES string of the molecule is Cn1[nH]c(=O)c(=O)nc1Sc1c(N)ccc(F)c1F. The highest BCUT2D eigenvalue weighted by Gasteiger charge is 2.16. The van der Waals surface area contributed by atoms with Crippen LogP contribution in [-0.2, 0) is 7.05 Å². The molecule has 0 amide bonds. The molecule has 1 aromatic heterocycles. The summed E-state index contributed by atoms with van der Waals surface area (Å²) in [6.45, 7) is 0. The van der Waals surface area contributed by atoms with Gasteiger partial charge in [-0.25, -0.2) is 8.78 Å². The maximum Gasteiger partial charge on any atom is 0.339 e. The summed E-state index contributed by atoms with van der Waals surface area (Å²) in [4.78, 5) is 25.4. The van der Waals surface area contributed by atoms with Crippen molar-refractivity contribution in [3.8, 4) is 0 Å². The van der Waals surface area contributed by atoms with E-state index in [0.717, 1.165) is 10.7 Å². The van der Waals surface area contributed by atoms with Gasteiger partial charge in [-0.15, -0.1) is 0 Å². The topological polar surface area (TPSA) is 93.8 Å². The lowest BCUT2D eigenvalue weighted by atomic mass is 10.3. The molecule has 9 heteroatoms. The van der Waals surface area contributed by atoms with Crippen molar-refractivity contribution in [1.29, 1.82) is 0 Å². The number of H-pyrrole nitrogens is 1. The number of halogens is 2.